The van der Waals surface area contributed by atoms with Crippen molar-refractivity contribution in [1.82, 2.24) is 9.78 Å². The smallest absolute Gasteiger partial charge is 0.159 e. The quantitative estimate of drug-likeness (QED) is 0.899. The van der Waals surface area contributed by atoms with E-state index < -0.39 is 0 Å². The SMILES string of the molecule is CC1CCCC(Cn2cc(Br)c(N)n2)C1. The molecule has 3 nitrogen and oxygen atoms in total. The van der Waals surface area contributed by atoms with Crippen molar-refractivity contribution in [2.75, 3.05) is 5.73 Å². The van der Waals surface area contributed by atoms with E-state index in [1.165, 1.54) is 25.7 Å². The zero-order chi connectivity index (χ0) is 10.8. The van der Waals surface area contributed by atoms with Crippen LogP contribution in [0.15, 0.2) is 10.7 Å². The predicted octanol–water partition coefficient (Wildman–Crippen LogP) is 3.05. The average molecular weight is 272 g/mol. The first-order chi connectivity index (χ1) is 7.15. The molecule has 2 rings (SSSR count). The minimum Gasteiger partial charge on any atom is -0.381 e. The third-order valence-corrected chi connectivity index (χ3v) is 3.84. The zero-order valence-electron chi connectivity index (χ0n) is 9.12. The molecule has 1 aliphatic rings. The Labute approximate surface area is 99.2 Å². The van der Waals surface area contributed by atoms with Crippen molar-refractivity contribution in [2.24, 2.45) is 11.8 Å². The lowest BCUT2D eigenvalue weighted by atomic mass is 9.82. The Balaban J connectivity index is 1.96. The standard InChI is InChI=1S/C11H18BrN3/c1-8-3-2-4-9(5-8)6-15-7-10(12)11(13)14-15/h7-9H,2-6H2,1H3,(H2,13,14). The number of nitrogens with two attached hydrogens (primary N) is 1. The van der Waals surface area contributed by atoms with Gasteiger partial charge in [-0.2, -0.15) is 5.10 Å². The lowest BCUT2D eigenvalue weighted by molar-refractivity contribution is 0.250. The maximum absolute atomic E-state index is 5.69. The van der Waals surface area contributed by atoms with Crippen LogP contribution < -0.4 is 5.73 Å². The highest BCUT2D eigenvalue weighted by molar-refractivity contribution is 9.10. The van der Waals surface area contributed by atoms with Gasteiger partial charge in [0.15, 0.2) is 5.82 Å². The molecule has 1 aliphatic carbocycles. The molecular weight excluding hydrogens is 254 g/mol. The maximum atomic E-state index is 5.69. The van der Waals surface area contributed by atoms with Crippen LogP contribution in [0.4, 0.5) is 5.82 Å². The summed E-state index contributed by atoms with van der Waals surface area (Å²) in [7, 11) is 0. The summed E-state index contributed by atoms with van der Waals surface area (Å²) in [6.45, 7) is 3.36. The molecule has 1 saturated carbocycles. The molecule has 1 heterocycles. The average Bonchev–Trinajstić information content (AvgIpc) is 2.45. The number of nitrogen functional groups attached to an aromatic ring is 1. The van der Waals surface area contributed by atoms with Crippen LogP contribution in [0.3, 0.4) is 0 Å². The Kier molecular flexibility index (Phi) is 3.34. The predicted molar refractivity (Wildman–Crippen MR) is 65.5 cm³/mol. The molecule has 0 saturated heterocycles. The molecule has 2 unspecified atom stereocenters. The van der Waals surface area contributed by atoms with Crippen LogP contribution in [0.25, 0.3) is 0 Å². The summed E-state index contributed by atoms with van der Waals surface area (Å²) in [5.74, 6) is 2.25. The normalized spacial score (nSPS) is 26.8. The molecule has 0 amide bonds. The van der Waals surface area contributed by atoms with Crippen molar-refractivity contribution in [2.45, 2.75) is 39.2 Å². The topological polar surface area (TPSA) is 43.8 Å². The van der Waals surface area contributed by atoms with Crippen molar-refractivity contribution in [1.29, 1.82) is 0 Å². The Morgan fingerprint density at radius 3 is 3.00 bits per heavy atom. The van der Waals surface area contributed by atoms with E-state index in [9.17, 15) is 0 Å². The van der Waals surface area contributed by atoms with E-state index in [1.807, 2.05) is 10.9 Å². The van der Waals surface area contributed by atoms with Gasteiger partial charge in [0.1, 0.15) is 0 Å². The third kappa shape index (κ3) is 2.74. The number of aromatic nitrogens is 2. The van der Waals surface area contributed by atoms with Crippen LogP contribution in [0.5, 0.6) is 0 Å². The van der Waals surface area contributed by atoms with E-state index in [1.54, 1.807) is 0 Å². The van der Waals surface area contributed by atoms with Crippen LogP contribution in [0, 0.1) is 11.8 Å². The van der Waals surface area contributed by atoms with Crippen molar-refractivity contribution in [3.8, 4) is 0 Å². The largest absolute Gasteiger partial charge is 0.381 e. The van der Waals surface area contributed by atoms with Gasteiger partial charge in [0, 0.05) is 12.7 Å². The van der Waals surface area contributed by atoms with Gasteiger partial charge in [-0.3, -0.25) is 4.68 Å². The first kappa shape index (κ1) is 11.0. The van der Waals surface area contributed by atoms with Crippen LogP contribution in [0.2, 0.25) is 0 Å². The van der Waals surface area contributed by atoms with Crippen molar-refractivity contribution < 1.29 is 0 Å². The number of hydrogen-bond acceptors (Lipinski definition) is 2. The van der Waals surface area contributed by atoms with Gasteiger partial charge >= 0.3 is 0 Å². The molecular formula is C11H18BrN3. The van der Waals surface area contributed by atoms with Gasteiger partial charge in [-0.25, -0.2) is 0 Å². The highest BCUT2D eigenvalue weighted by Gasteiger charge is 2.19. The van der Waals surface area contributed by atoms with Crippen molar-refractivity contribution >= 4 is 21.7 Å². The van der Waals surface area contributed by atoms with E-state index >= 15 is 0 Å². The van der Waals surface area contributed by atoms with E-state index in [4.69, 9.17) is 5.73 Å². The summed E-state index contributed by atoms with van der Waals surface area (Å²) in [5, 5.41) is 4.28. The molecule has 0 aliphatic heterocycles. The van der Waals surface area contributed by atoms with Gasteiger partial charge in [-0.05, 0) is 40.6 Å². The second kappa shape index (κ2) is 4.56. The summed E-state index contributed by atoms with van der Waals surface area (Å²) in [6, 6.07) is 0. The Morgan fingerprint density at radius 1 is 1.60 bits per heavy atom. The number of nitrogens with zero attached hydrogens (tertiary/aromatic N) is 2. The lowest BCUT2D eigenvalue weighted by Crippen LogP contribution is -2.18. The summed E-state index contributed by atoms with van der Waals surface area (Å²) < 4.78 is 2.88. The summed E-state index contributed by atoms with van der Waals surface area (Å²) in [5.41, 5.74) is 5.69. The van der Waals surface area contributed by atoms with Crippen LogP contribution in [-0.4, -0.2) is 9.78 Å². The highest BCUT2D eigenvalue weighted by atomic mass is 79.9. The molecule has 0 spiro atoms. The lowest BCUT2D eigenvalue weighted by Gasteiger charge is -2.26. The summed E-state index contributed by atoms with van der Waals surface area (Å²) >= 11 is 3.38. The number of rotatable bonds is 2. The molecule has 4 heteroatoms. The van der Waals surface area contributed by atoms with Gasteiger partial charge in [-0.1, -0.05) is 19.8 Å². The second-order valence-corrected chi connectivity index (χ2v) is 5.58. The Bertz CT molecular complexity index is 315. The molecule has 0 radical (unpaired) electrons. The molecule has 1 aromatic rings. The van der Waals surface area contributed by atoms with Gasteiger partial charge in [0.25, 0.3) is 0 Å². The third-order valence-electron chi connectivity index (χ3n) is 3.23. The van der Waals surface area contributed by atoms with Crippen molar-refractivity contribution in [3.63, 3.8) is 0 Å². The fourth-order valence-electron chi connectivity index (χ4n) is 2.50. The summed E-state index contributed by atoms with van der Waals surface area (Å²) in [4.78, 5) is 0. The van der Waals surface area contributed by atoms with E-state index in [0.717, 1.165) is 22.9 Å². The number of halogens is 1. The Morgan fingerprint density at radius 2 is 2.40 bits per heavy atom. The minimum absolute atomic E-state index is 0.596. The van der Waals surface area contributed by atoms with Gasteiger partial charge in [-0.15, -0.1) is 0 Å². The molecule has 2 atom stereocenters. The monoisotopic (exact) mass is 271 g/mol. The number of anilines is 1. The Hall–Kier alpha value is -0.510. The second-order valence-electron chi connectivity index (χ2n) is 4.72. The minimum atomic E-state index is 0.596. The molecule has 1 aromatic heterocycles. The first-order valence-electron chi connectivity index (χ1n) is 5.63. The number of hydrogen-bond donors (Lipinski definition) is 1. The van der Waals surface area contributed by atoms with Gasteiger partial charge in [0.2, 0.25) is 0 Å². The van der Waals surface area contributed by atoms with Gasteiger partial charge < -0.3 is 5.73 Å². The first-order valence-corrected chi connectivity index (χ1v) is 6.43. The zero-order valence-corrected chi connectivity index (χ0v) is 10.7. The van der Waals surface area contributed by atoms with E-state index in [0.29, 0.717) is 5.82 Å². The molecule has 1 fully saturated rings. The van der Waals surface area contributed by atoms with E-state index in [2.05, 4.69) is 28.0 Å². The molecule has 0 aromatic carbocycles. The molecule has 15 heavy (non-hydrogen) atoms. The van der Waals surface area contributed by atoms with Crippen LogP contribution >= 0.6 is 15.9 Å². The fraction of sp³-hybridized carbons (Fsp3) is 0.727. The summed E-state index contributed by atoms with van der Waals surface area (Å²) in [6.07, 6.45) is 7.40. The molecule has 2 N–H and O–H groups in total. The van der Waals surface area contributed by atoms with Crippen LogP contribution in [0.1, 0.15) is 32.6 Å². The maximum Gasteiger partial charge on any atom is 0.159 e. The van der Waals surface area contributed by atoms with Crippen molar-refractivity contribution in [3.05, 3.63) is 10.7 Å². The van der Waals surface area contributed by atoms with E-state index in [-0.39, 0.29) is 0 Å². The molecule has 84 valence electrons. The molecule has 0 bridgehead atoms. The van der Waals surface area contributed by atoms with Gasteiger partial charge in [0.05, 0.1) is 4.47 Å². The highest BCUT2D eigenvalue weighted by Crippen LogP contribution is 2.30. The fourth-order valence-corrected chi connectivity index (χ4v) is 2.81. The van der Waals surface area contributed by atoms with Crippen LogP contribution in [-0.2, 0) is 6.54 Å².